The van der Waals surface area contributed by atoms with Gasteiger partial charge in [0.1, 0.15) is 5.75 Å². The number of anilines is 2. The van der Waals surface area contributed by atoms with Gasteiger partial charge in [0.25, 0.3) is 10.0 Å². The molecule has 0 unspecified atom stereocenters. The van der Waals surface area contributed by atoms with E-state index in [2.05, 4.69) is 4.72 Å². The second kappa shape index (κ2) is 7.63. The van der Waals surface area contributed by atoms with Gasteiger partial charge in [-0.05, 0) is 68.1 Å². The first kappa shape index (κ1) is 20.5. The number of rotatable bonds is 6. The highest BCUT2D eigenvalue weighted by molar-refractivity contribution is 7.93. The van der Waals surface area contributed by atoms with Crippen LogP contribution in [0.4, 0.5) is 11.4 Å². The molecule has 3 rings (SSSR count). The number of nitrogens with one attached hydrogen (secondary N) is 1. The van der Waals surface area contributed by atoms with Gasteiger partial charge in [-0.25, -0.2) is 16.8 Å². The first-order valence-electron chi connectivity index (χ1n) is 8.99. The average molecular weight is 425 g/mol. The SMILES string of the molecule is CCS(=O)(=O)N1CCCc2ccc(NS(=O)(=O)c3ccc(OC)c(C)c3)cc21. The highest BCUT2D eigenvalue weighted by Crippen LogP contribution is 2.33. The molecule has 1 heterocycles. The van der Waals surface area contributed by atoms with Crippen molar-refractivity contribution in [1.29, 1.82) is 0 Å². The molecule has 0 saturated heterocycles. The Morgan fingerprint density at radius 3 is 2.50 bits per heavy atom. The van der Waals surface area contributed by atoms with E-state index in [1.54, 1.807) is 38.1 Å². The molecular formula is C19H24N2O5S2. The molecule has 0 atom stereocenters. The number of hydrogen-bond acceptors (Lipinski definition) is 5. The monoisotopic (exact) mass is 424 g/mol. The van der Waals surface area contributed by atoms with Crippen molar-refractivity contribution in [3.8, 4) is 5.75 Å². The molecule has 0 amide bonds. The number of ether oxygens (including phenoxy) is 1. The van der Waals surface area contributed by atoms with Gasteiger partial charge < -0.3 is 4.74 Å². The van der Waals surface area contributed by atoms with Gasteiger partial charge in [-0.15, -0.1) is 0 Å². The van der Waals surface area contributed by atoms with Gasteiger partial charge in [0, 0.05) is 6.54 Å². The van der Waals surface area contributed by atoms with Crippen LogP contribution in [-0.4, -0.2) is 36.2 Å². The van der Waals surface area contributed by atoms with Crippen molar-refractivity contribution < 1.29 is 21.6 Å². The Kier molecular flexibility index (Phi) is 5.58. The molecule has 0 saturated carbocycles. The third-order valence-corrected chi connectivity index (χ3v) is 7.95. The molecule has 1 aliphatic heterocycles. The van der Waals surface area contributed by atoms with Crippen LogP contribution in [0.15, 0.2) is 41.3 Å². The molecule has 152 valence electrons. The molecule has 1 N–H and O–H groups in total. The zero-order valence-electron chi connectivity index (χ0n) is 16.1. The second-order valence-corrected chi connectivity index (χ2v) is 10.5. The Labute approximate surface area is 166 Å². The van der Waals surface area contributed by atoms with Crippen LogP contribution in [0.3, 0.4) is 0 Å². The van der Waals surface area contributed by atoms with Crippen LogP contribution in [0.5, 0.6) is 5.75 Å². The number of fused-ring (bicyclic) bond motifs is 1. The van der Waals surface area contributed by atoms with E-state index in [1.165, 1.54) is 23.5 Å². The van der Waals surface area contributed by atoms with Crippen LogP contribution in [0.1, 0.15) is 24.5 Å². The molecule has 28 heavy (non-hydrogen) atoms. The number of benzene rings is 2. The van der Waals surface area contributed by atoms with E-state index in [-0.39, 0.29) is 10.6 Å². The topological polar surface area (TPSA) is 92.8 Å². The van der Waals surface area contributed by atoms with E-state index >= 15 is 0 Å². The highest BCUT2D eigenvalue weighted by Gasteiger charge is 2.27. The average Bonchev–Trinajstić information content (AvgIpc) is 2.67. The summed E-state index contributed by atoms with van der Waals surface area (Å²) < 4.78 is 59.5. The van der Waals surface area contributed by atoms with Crippen molar-refractivity contribution in [3.63, 3.8) is 0 Å². The van der Waals surface area contributed by atoms with Crippen molar-refractivity contribution in [2.24, 2.45) is 0 Å². The molecule has 0 radical (unpaired) electrons. The molecule has 0 aliphatic carbocycles. The van der Waals surface area contributed by atoms with E-state index in [0.29, 0.717) is 29.2 Å². The largest absolute Gasteiger partial charge is 0.496 e. The Morgan fingerprint density at radius 1 is 1.11 bits per heavy atom. The molecule has 0 bridgehead atoms. The molecule has 0 spiro atoms. The van der Waals surface area contributed by atoms with Gasteiger partial charge in [0.15, 0.2) is 0 Å². The fourth-order valence-electron chi connectivity index (χ4n) is 3.28. The smallest absolute Gasteiger partial charge is 0.261 e. The van der Waals surface area contributed by atoms with Gasteiger partial charge in [-0.1, -0.05) is 6.07 Å². The number of hydrogen-bond donors (Lipinski definition) is 1. The van der Waals surface area contributed by atoms with Crippen LogP contribution in [0.25, 0.3) is 0 Å². The number of nitrogens with zero attached hydrogens (tertiary/aromatic N) is 1. The standard InChI is InChI=1S/C19H24N2O5S2/c1-4-27(22,23)21-11-5-6-15-7-8-16(13-18(15)21)20-28(24,25)17-9-10-19(26-3)14(2)12-17/h7-10,12-13,20H,4-6,11H2,1-3H3. The van der Waals surface area contributed by atoms with Crippen molar-refractivity contribution in [1.82, 2.24) is 0 Å². The normalized spacial score (nSPS) is 14.5. The molecule has 2 aromatic rings. The lowest BCUT2D eigenvalue weighted by Gasteiger charge is -2.30. The Hall–Kier alpha value is -2.26. The summed E-state index contributed by atoms with van der Waals surface area (Å²) in [5.41, 5.74) is 2.46. The quantitative estimate of drug-likeness (QED) is 0.770. The molecule has 0 fully saturated rings. The first-order valence-corrected chi connectivity index (χ1v) is 12.1. The predicted octanol–water partition coefficient (Wildman–Crippen LogP) is 2.91. The number of aryl methyl sites for hydroxylation is 2. The van der Waals surface area contributed by atoms with E-state index in [0.717, 1.165) is 18.4 Å². The Bertz CT molecular complexity index is 1100. The summed E-state index contributed by atoms with van der Waals surface area (Å²) in [6, 6.07) is 9.65. The maximum Gasteiger partial charge on any atom is 0.261 e. The van der Waals surface area contributed by atoms with Crippen LogP contribution in [-0.2, 0) is 26.5 Å². The lowest BCUT2D eigenvalue weighted by Crippen LogP contribution is -2.36. The van der Waals surface area contributed by atoms with Gasteiger partial charge in [0.05, 0.1) is 29.1 Å². The van der Waals surface area contributed by atoms with Gasteiger partial charge in [-0.2, -0.15) is 0 Å². The maximum atomic E-state index is 12.8. The fraction of sp³-hybridized carbons (Fsp3) is 0.368. The maximum absolute atomic E-state index is 12.8. The van der Waals surface area contributed by atoms with Crippen LogP contribution in [0, 0.1) is 6.92 Å². The first-order chi connectivity index (χ1) is 13.2. The molecule has 1 aliphatic rings. The highest BCUT2D eigenvalue weighted by atomic mass is 32.2. The van der Waals surface area contributed by atoms with Gasteiger partial charge in [-0.3, -0.25) is 9.03 Å². The zero-order valence-corrected chi connectivity index (χ0v) is 17.7. The molecule has 9 heteroatoms. The lowest BCUT2D eigenvalue weighted by molar-refractivity contribution is 0.411. The lowest BCUT2D eigenvalue weighted by atomic mass is 10.0. The van der Waals surface area contributed by atoms with E-state index in [1.807, 2.05) is 0 Å². The minimum absolute atomic E-state index is 0.00643. The molecule has 2 aromatic carbocycles. The molecular weight excluding hydrogens is 400 g/mol. The summed E-state index contributed by atoms with van der Waals surface area (Å²) in [5, 5.41) is 0. The van der Waals surface area contributed by atoms with E-state index in [9.17, 15) is 16.8 Å². The Morgan fingerprint density at radius 2 is 1.86 bits per heavy atom. The third-order valence-electron chi connectivity index (χ3n) is 4.79. The van der Waals surface area contributed by atoms with E-state index in [4.69, 9.17) is 4.74 Å². The number of sulfonamides is 2. The summed E-state index contributed by atoms with van der Waals surface area (Å²) in [6.45, 7) is 3.77. The Balaban J connectivity index is 1.95. The summed E-state index contributed by atoms with van der Waals surface area (Å²) in [4.78, 5) is 0.113. The van der Waals surface area contributed by atoms with Crippen LogP contribution < -0.4 is 13.8 Å². The molecule has 0 aromatic heterocycles. The third kappa shape index (κ3) is 3.95. The number of methoxy groups -OCH3 is 1. The summed E-state index contributed by atoms with van der Waals surface area (Å²) >= 11 is 0. The zero-order chi connectivity index (χ0) is 20.5. The summed E-state index contributed by atoms with van der Waals surface area (Å²) in [7, 11) is -5.71. The van der Waals surface area contributed by atoms with Crippen molar-refractivity contribution in [2.45, 2.75) is 31.6 Å². The molecule has 7 nitrogen and oxygen atoms in total. The van der Waals surface area contributed by atoms with Gasteiger partial charge in [0.2, 0.25) is 10.0 Å². The van der Waals surface area contributed by atoms with Crippen molar-refractivity contribution >= 4 is 31.4 Å². The summed E-state index contributed by atoms with van der Waals surface area (Å²) in [5.74, 6) is 0.598. The minimum Gasteiger partial charge on any atom is -0.496 e. The van der Waals surface area contributed by atoms with Gasteiger partial charge >= 0.3 is 0 Å². The van der Waals surface area contributed by atoms with Crippen molar-refractivity contribution in [2.75, 3.05) is 28.4 Å². The minimum atomic E-state index is -3.82. The van der Waals surface area contributed by atoms with Crippen molar-refractivity contribution in [3.05, 3.63) is 47.5 Å². The van der Waals surface area contributed by atoms with E-state index < -0.39 is 20.0 Å². The predicted molar refractivity (Wildman–Crippen MR) is 110 cm³/mol. The van der Waals surface area contributed by atoms with Crippen LogP contribution >= 0.6 is 0 Å². The van der Waals surface area contributed by atoms with Crippen LogP contribution in [0.2, 0.25) is 0 Å². The second-order valence-electron chi connectivity index (χ2n) is 6.66. The fourth-order valence-corrected chi connectivity index (χ4v) is 5.60. The summed E-state index contributed by atoms with van der Waals surface area (Å²) in [6.07, 6.45) is 1.50.